The Labute approximate surface area is 222 Å². The van der Waals surface area contributed by atoms with Crippen LogP contribution in [0, 0.1) is 0 Å². The molecule has 1 heterocycles. The third kappa shape index (κ3) is 5.68. The zero-order valence-electron chi connectivity index (χ0n) is 20.5. The van der Waals surface area contributed by atoms with Crippen LogP contribution in [0.4, 0.5) is 13.2 Å². The zero-order valence-corrected chi connectivity index (χ0v) is 21.3. The Kier molecular flexibility index (Phi) is 8.08. The first kappa shape index (κ1) is 27.2. The van der Waals surface area contributed by atoms with Crippen molar-refractivity contribution in [3.05, 3.63) is 77.9 Å². The number of rotatable bonds is 7. The summed E-state index contributed by atoms with van der Waals surface area (Å²) in [5.41, 5.74) is 2.60. The van der Waals surface area contributed by atoms with Crippen molar-refractivity contribution in [1.29, 1.82) is 0 Å². The van der Waals surface area contributed by atoms with Crippen LogP contribution in [-0.4, -0.2) is 53.9 Å². The molecule has 4 rings (SSSR count). The summed E-state index contributed by atoms with van der Waals surface area (Å²) in [6, 6.07) is 18.4. The summed E-state index contributed by atoms with van der Waals surface area (Å²) >= 11 is 5.53. The fraction of sp³-hybridized carbons (Fsp3) is 0.259. The van der Waals surface area contributed by atoms with Gasteiger partial charge in [-0.1, -0.05) is 54.7 Å². The molecule has 1 fully saturated rings. The summed E-state index contributed by atoms with van der Waals surface area (Å²) in [4.78, 5) is 13.9. The summed E-state index contributed by atoms with van der Waals surface area (Å²) in [5, 5.41) is 9.29. The second kappa shape index (κ2) is 11.3. The predicted octanol–water partition coefficient (Wildman–Crippen LogP) is 5.09. The average Bonchev–Trinajstić information content (AvgIpc) is 3.35. The lowest BCUT2D eigenvalue weighted by atomic mass is 10.1. The van der Waals surface area contributed by atoms with Crippen molar-refractivity contribution in [2.24, 2.45) is 0 Å². The van der Waals surface area contributed by atoms with Gasteiger partial charge >= 0.3 is 6.18 Å². The van der Waals surface area contributed by atoms with Crippen molar-refractivity contribution in [3.8, 4) is 28.4 Å². The van der Waals surface area contributed by atoms with Crippen molar-refractivity contribution >= 4 is 23.1 Å². The Morgan fingerprint density at radius 3 is 2.26 bits per heavy atom. The summed E-state index contributed by atoms with van der Waals surface area (Å²) in [6.07, 6.45) is -5.12. The molecule has 3 aromatic rings. The van der Waals surface area contributed by atoms with E-state index < -0.39 is 35.5 Å². The van der Waals surface area contributed by atoms with E-state index in [1.807, 2.05) is 42.5 Å². The molecule has 2 N–H and O–H groups in total. The van der Waals surface area contributed by atoms with Gasteiger partial charge in [-0.25, -0.2) is 5.48 Å². The number of nitrogens with zero attached hydrogens (tertiary/aromatic N) is 1. The van der Waals surface area contributed by atoms with Crippen molar-refractivity contribution in [1.82, 2.24) is 10.4 Å². The van der Waals surface area contributed by atoms with Gasteiger partial charge in [-0.15, -0.1) is 0 Å². The molecule has 2 atom stereocenters. The van der Waals surface area contributed by atoms with E-state index in [9.17, 15) is 23.2 Å². The zero-order chi connectivity index (χ0) is 27.4. The van der Waals surface area contributed by atoms with E-state index in [1.165, 1.54) is 18.1 Å². The normalized spacial score (nSPS) is 17.2. The largest absolute Gasteiger partial charge is 0.493 e. The number of amides is 1. The van der Waals surface area contributed by atoms with E-state index in [0.717, 1.165) is 24.3 Å². The van der Waals surface area contributed by atoms with Gasteiger partial charge in [-0.3, -0.25) is 10.0 Å². The number of carbonyl (C=O) groups is 1. The predicted molar refractivity (Wildman–Crippen MR) is 138 cm³/mol. The van der Waals surface area contributed by atoms with Crippen LogP contribution in [0.1, 0.15) is 17.5 Å². The molecule has 3 aromatic carbocycles. The third-order valence-electron chi connectivity index (χ3n) is 6.23. The molecule has 0 aliphatic carbocycles. The first-order valence-corrected chi connectivity index (χ1v) is 12.0. The lowest BCUT2D eigenvalue weighted by Crippen LogP contribution is -2.44. The van der Waals surface area contributed by atoms with Crippen LogP contribution in [0.2, 0.25) is 0 Å². The molecule has 0 spiro atoms. The highest BCUT2D eigenvalue weighted by Crippen LogP contribution is 2.43. The van der Waals surface area contributed by atoms with Gasteiger partial charge in [0.25, 0.3) is 5.91 Å². The molecule has 11 heteroatoms. The minimum atomic E-state index is -4.74. The summed E-state index contributed by atoms with van der Waals surface area (Å²) in [5.74, 6) is -0.836. The number of carbonyl (C=O) groups excluding carboxylic acids is 1. The maximum absolute atomic E-state index is 13.8. The number of benzene rings is 3. The molecule has 0 radical (unpaired) electrons. The second-order valence-electron chi connectivity index (χ2n) is 8.57. The number of nitrogens with one attached hydrogen (secondary N) is 1. The number of ether oxygens (including phenoxy) is 3. The van der Waals surface area contributed by atoms with Crippen LogP contribution in [0.3, 0.4) is 0 Å². The molecule has 200 valence electrons. The fourth-order valence-electron chi connectivity index (χ4n) is 4.44. The van der Waals surface area contributed by atoms with E-state index >= 15 is 0 Å². The highest BCUT2D eigenvalue weighted by Gasteiger charge is 2.41. The number of likely N-dealkylation sites (tertiary alicyclic amines) is 1. The smallest absolute Gasteiger partial charge is 0.420 e. The Bertz CT molecular complexity index is 1300. The molecule has 1 amide bonds. The monoisotopic (exact) mass is 546 g/mol. The first-order chi connectivity index (χ1) is 18.2. The van der Waals surface area contributed by atoms with Gasteiger partial charge in [0.2, 0.25) is 0 Å². The maximum atomic E-state index is 13.8. The standard InChI is InChI=1S/C27H25F3N2O5S/c1-35-23-13-18(12-21(24(23)36-2)27(28,29)30)26(38)32-15-20(14-22(32)25(33)31-34)37-19-10-8-17(9-11-19)16-6-4-3-5-7-16/h3-13,20,22,34H,14-15H2,1-2H3,(H,31,33)/t20-,22+/m0/s1. The van der Waals surface area contributed by atoms with Crippen molar-refractivity contribution in [3.63, 3.8) is 0 Å². The lowest BCUT2D eigenvalue weighted by Gasteiger charge is -2.26. The molecule has 7 nitrogen and oxygen atoms in total. The molecule has 1 saturated heterocycles. The lowest BCUT2D eigenvalue weighted by molar-refractivity contribution is -0.139. The molecule has 1 aliphatic rings. The maximum Gasteiger partial charge on any atom is 0.420 e. The van der Waals surface area contributed by atoms with Crippen LogP contribution in [0.15, 0.2) is 66.7 Å². The van der Waals surface area contributed by atoms with E-state index in [1.54, 1.807) is 17.6 Å². The van der Waals surface area contributed by atoms with Gasteiger partial charge in [0, 0.05) is 12.0 Å². The molecule has 0 bridgehead atoms. The number of thiocarbonyl (C=S) groups is 1. The third-order valence-corrected chi connectivity index (χ3v) is 6.70. The number of methoxy groups -OCH3 is 2. The summed E-state index contributed by atoms with van der Waals surface area (Å²) in [7, 11) is 2.33. The van der Waals surface area contributed by atoms with Crippen LogP contribution in [0.25, 0.3) is 11.1 Å². The first-order valence-electron chi connectivity index (χ1n) is 11.6. The van der Waals surface area contributed by atoms with Gasteiger partial charge in [0.15, 0.2) is 11.5 Å². The molecule has 1 aliphatic heterocycles. The van der Waals surface area contributed by atoms with Crippen LogP contribution >= 0.6 is 12.2 Å². The van der Waals surface area contributed by atoms with Crippen molar-refractivity contribution < 1.29 is 37.4 Å². The Hall–Kier alpha value is -3.83. The van der Waals surface area contributed by atoms with E-state index in [0.29, 0.717) is 5.75 Å². The Balaban J connectivity index is 1.58. The van der Waals surface area contributed by atoms with Gasteiger partial charge in [0.1, 0.15) is 28.4 Å². The van der Waals surface area contributed by atoms with Gasteiger partial charge in [-0.05, 0) is 35.4 Å². The van der Waals surface area contributed by atoms with Crippen molar-refractivity contribution in [2.45, 2.75) is 24.7 Å². The molecule has 0 unspecified atom stereocenters. The van der Waals surface area contributed by atoms with E-state index in [4.69, 9.17) is 26.4 Å². The number of hydrogen-bond acceptors (Lipinski definition) is 6. The number of hydrogen-bond donors (Lipinski definition) is 2. The van der Waals surface area contributed by atoms with Crippen molar-refractivity contribution in [2.75, 3.05) is 20.8 Å². The Morgan fingerprint density at radius 2 is 1.68 bits per heavy atom. The molecular weight excluding hydrogens is 521 g/mol. The molecule has 0 aromatic heterocycles. The van der Waals surface area contributed by atoms with Gasteiger partial charge < -0.3 is 19.1 Å². The highest BCUT2D eigenvalue weighted by atomic mass is 32.1. The Morgan fingerprint density at radius 1 is 1.03 bits per heavy atom. The minimum absolute atomic E-state index is 0.00794. The van der Waals surface area contributed by atoms with Crippen LogP contribution < -0.4 is 19.7 Å². The van der Waals surface area contributed by atoms with E-state index in [2.05, 4.69) is 0 Å². The van der Waals surface area contributed by atoms with E-state index in [-0.39, 0.29) is 29.3 Å². The molecular formula is C27H25F3N2O5S. The fourth-order valence-corrected chi connectivity index (χ4v) is 4.76. The summed E-state index contributed by atoms with van der Waals surface area (Å²) in [6.45, 7) is 0.104. The summed E-state index contributed by atoms with van der Waals surface area (Å²) < 4.78 is 57.4. The number of hydroxylamine groups is 1. The molecule has 0 saturated carbocycles. The van der Waals surface area contributed by atoms with Crippen LogP contribution in [-0.2, 0) is 11.0 Å². The molecule has 38 heavy (non-hydrogen) atoms. The highest BCUT2D eigenvalue weighted by molar-refractivity contribution is 7.80. The minimum Gasteiger partial charge on any atom is -0.493 e. The second-order valence-corrected chi connectivity index (χ2v) is 8.96. The average molecular weight is 547 g/mol. The number of alkyl halides is 3. The van der Waals surface area contributed by atoms with Gasteiger partial charge in [-0.2, -0.15) is 13.2 Å². The number of halogens is 3. The van der Waals surface area contributed by atoms with Gasteiger partial charge in [0.05, 0.1) is 20.8 Å². The quantitative estimate of drug-likeness (QED) is 0.243. The topological polar surface area (TPSA) is 80.3 Å². The van der Waals surface area contributed by atoms with Crippen LogP contribution in [0.5, 0.6) is 17.2 Å². The SMILES string of the molecule is COc1cc(C(=S)N2C[C@@H](Oc3ccc(-c4ccccc4)cc3)C[C@@H]2C(=O)NO)cc(C(F)(F)F)c1OC.